The fourth-order valence-electron chi connectivity index (χ4n) is 4.56. The van der Waals surface area contributed by atoms with Gasteiger partial charge in [0, 0.05) is 34.9 Å². The van der Waals surface area contributed by atoms with Crippen molar-refractivity contribution in [1.82, 2.24) is 0 Å². The predicted octanol–water partition coefficient (Wildman–Crippen LogP) is 10.1. The number of alkyl halides is 6. The van der Waals surface area contributed by atoms with Crippen LogP contribution in [0, 0.1) is 0 Å². The highest BCUT2D eigenvalue weighted by molar-refractivity contribution is 5.48. The largest absolute Gasteiger partial charge is 0.457 e. The van der Waals surface area contributed by atoms with E-state index < -0.39 is 29.3 Å². The highest BCUT2D eigenvalue weighted by atomic mass is 19.4. The smallest absolute Gasteiger partial charge is 0.442 e. The van der Waals surface area contributed by atoms with Crippen LogP contribution in [0.15, 0.2) is 122 Å². The van der Waals surface area contributed by atoms with Gasteiger partial charge in [-0.1, -0.05) is 36.4 Å². The Balaban J connectivity index is 1.14. The quantitative estimate of drug-likeness (QED) is 0.173. The van der Waals surface area contributed by atoms with Crippen molar-refractivity contribution in [3.63, 3.8) is 0 Å². The molecule has 3 aliphatic rings. The number of benzene rings is 4. The number of nitrogens with zero attached hydrogens (tertiary/aromatic N) is 6. The summed E-state index contributed by atoms with van der Waals surface area (Å²) >= 11 is 0. The average molecular weight is 625 g/mol. The van der Waals surface area contributed by atoms with Crippen molar-refractivity contribution >= 4 is 0 Å². The fourth-order valence-corrected chi connectivity index (χ4v) is 4.56. The van der Waals surface area contributed by atoms with Gasteiger partial charge < -0.3 is 14.2 Å². The van der Waals surface area contributed by atoms with Crippen molar-refractivity contribution in [2.45, 2.75) is 36.3 Å². The summed E-state index contributed by atoms with van der Waals surface area (Å²) in [4.78, 5) is 0. The minimum absolute atomic E-state index is 0.157. The molecule has 4 aromatic rings. The summed E-state index contributed by atoms with van der Waals surface area (Å²) in [6.45, 7) is 1.86. The van der Waals surface area contributed by atoms with Crippen LogP contribution in [0.4, 0.5) is 26.3 Å². The zero-order valence-electron chi connectivity index (χ0n) is 22.8. The molecular weight excluding hydrogens is 606 g/mol. The molecule has 3 aliphatic heterocycles. The molecule has 0 saturated carbocycles. The third-order valence-electron chi connectivity index (χ3n) is 7.27. The third-order valence-corrected chi connectivity index (χ3v) is 7.27. The summed E-state index contributed by atoms with van der Waals surface area (Å²) in [5, 5.41) is 20.8. The van der Waals surface area contributed by atoms with E-state index in [1.54, 1.807) is 12.1 Å². The molecule has 45 heavy (non-hydrogen) atoms. The standard InChI is InChI=1S/C30H18F6N6O3/c1-26(37-38-26)17-2-8-20(9-3-17)43-23-14-24(44-21-10-4-18(5-11-21)27(39-40-27)29(31,32)33)16-25(15-23)45-22-12-6-19(7-13-22)28(41-42-28)30(34,35)36/h2-16H,1H3. The van der Waals surface area contributed by atoms with Gasteiger partial charge in [0.25, 0.3) is 0 Å². The Labute approximate surface area is 249 Å². The topological polar surface area (TPSA) is 102 Å². The van der Waals surface area contributed by atoms with Gasteiger partial charge in [-0.25, -0.2) is 0 Å². The maximum Gasteiger partial charge on any atom is 0.442 e. The number of halogens is 6. The van der Waals surface area contributed by atoms with Crippen molar-refractivity contribution in [3.05, 3.63) is 108 Å². The molecule has 0 unspecified atom stereocenters. The Morgan fingerprint density at radius 2 is 0.711 bits per heavy atom. The number of hydrogen-bond acceptors (Lipinski definition) is 9. The average Bonchev–Trinajstić information content (AvgIpc) is 3.85. The molecule has 228 valence electrons. The van der Waals surface area contributed by atoms with Gasteiger partial charge in [0.1, 0.15) is 34.5 Å². The van der Waals surface area contributed by atoms with E-state index in [0.717, 1.165) is 5.56 Å². The number of ether oxygens (including phenoxy) is 3. The summed E-state index contributed by atoms with van der Waals surface area (Å²) in [5.74, 6) is 1.53. The lowest BCUT2D eigenvalue weighted by atomic mass is 10.0. The molecule has 0 N–H and O–H groups in total. The lowest BCUT2D eigenvalue weighted by Crippen LogP contribution is -2.29. The van der Waals surface area contributed by atoms with Crippen molar-refractivity contribution in [2.75, 3.05) is 0 Å². The molecule has 3 heterocycles. The van der Waals surface area contributed by atoms with E-state index in [0.29, 0.717) is 5.75 Å². The Morgan fingerprint density at radius 3 is 0.956 bits per heavy atom. The second-order valence-electron chi connectivity index (χ2n) is 10.5. The second-order valence-corrected chi connectivity index (χ2v) is 10.5. The molecule has 7 rings (SSSR count). The second kappa shape index (κ2) is 9.58. The third kappa shape index (κ3) is 5.23. The molecule has 0 spiro atoms. The van der Waals surface area contributed by atoms with Crippen LogP contribution in [0.1, 0.15) is 23.6 Å². The van der Waals surface area contributed by atoms with Crippen molar-refractivity contribution in [3.8, 4) is 34.5 Å². The first-order valence-corrected chi connectivity index (χ1v) is 13.2. The van der Waals surface area contributed by atoms with Gasteiger partial charge in [-0.05, 0) is 43.3 Å². The minimum Gasteiger partial charge on any atom is -0.457 e. The summed E-state index contributed by atoms with van der Waals surface area (Å²) in [6, 6.07) is 21.9. The minimum atomic E-state index is -4.67. The highest BCUT2D eigenvalue weighted by Crippen LogP contribution is 2.53. The SMILES string of the molecule is CC1(c2ccc(Oc3cc(Oc4ccc(C5(C(F)(F)F)N=N5)cc4)cc(Oc4ccc(C5(C(F)(F)F)N=N5)cc4)c3)cc2)N=N1. The molecule has 0 aliphatic carbocycles. The van der Waals surface area contributed by atoms with Crippen LogP contribution < -0.4 is 14.2 Å². The van der Waals surface area contributed by atoms with Crippen molar-refractivity contribution < 1.29 is 40.6 Å². The van der Waals surface area contributed by atoms with Crippen LogP contribution in [0.25, 0.3) is 0 Å². The van der Waals surface area contributed by atoms with Gasteiger partial charge in [-0.3, -0.25) is 0 Å². The Bertz CT molecular complexity index is 1750. The summed E-state index contributed by atoms with van der Waals surface area (Å²) < 4.78 is 98.1. The normalized spacial score (nSPS) is 17.9. The van der Waals surface area contributed by atoms with Gasteiger partial charge in [-0.15, -0.1) is 20.5 Å². The molecule has 4 aromatic carbocycles. The Hall–Kier alpha value is -5.34. The fraction of sp³-hybridized carbons (Fsp3) is 0.200. The van der Waals surface area contributed by atoms with E-state index in [-0.39, 0.29) is 39.9 Å². The Morgan fingerprint density at radius 1 is 0.422 bits per heavy atom. The van der Waals surface area contributed by atoms with Crippen LogP contribution >= 0.6 is 0 Å². The summed E-state index contributed by atoms with van der Waals surface area (Å²) in [7, 11) is 0. The van der Waals surface area contributed by atoms with E-state index in [1.807, 2.05) is 19.1 Å². The van der Waals surface area contributed by atoms with Crippen LogP contribution in [-0.2, 0) is 17.0 Å². The molecule has 0 radical (unpaired) electrons. The molecule has 0 atom stereocenters. The lowest BCUT2D eigenvalue weighted by Gasteiger charge is -2.16. The first-order valence-electron chi connectivity index (χ1n) is 13.2. The van der Waals surface area contributed by atoms with Gasteiger partial charge in [0.2, 0.25) is 5.66 Å². The molecular formula is C30H18F6N6O3. The van der Waals surface area contributed by atoms with Crippen LogP contribution in [-0.4, -0.2) is 12.4 Å². The number of rotatable bonds is 9. The Kier molecular flexibility index (Phi) is 6.05. The van der Waals surface area contributed by atoms with Crippen LogP contribution in [0.3, 0.4) is 0 Å². The zero-order chi connectivity index (χ0) is 31.7. The first-order chi connectivity index (χ1) is 21.3. The molecule has 0 fully saturated rings. The molecule has 0 saturated heterocycles. The maximum absolute atomic E-state index is 13.4. The van der Waals surface area contributed by atoms with Crippen LogP contribution in [0.2, 0.25) is 0 Å². The lowest BCUT2D eigenvalue weighted by molar-refractivity contribution is -0.166. The number of hydrogen-bond donors (Lipinski definition) is 0. The molecule has 0 aromatic heterocycles. The summed E-state index contributed by atoms with van der Waals surface area (Å²) in [6.07, 6.45) is -9.34. The van der Waals surface area contributed by atoms with E-state index in [4.69, 9.17) is 14.2 Å². The monoisotopic (exact) mass is 624 g/mol. The molecule has 15 heteroatoms. The van der Waals surface area contributed by atoms with E-state index >= 15 is 0 Å². The zero-order valence-corrected chi connectivity index (χ0v) is 22.8. The molecule has 9 nitrogen and oxygen atoms in total. The van der Waals surface area contributed by atoms with Crippen LogP contribution in [0.5, 0.6) is 34.5 Å². The van der Waals surface area contributed by atoms with E-state index in [2.05, 4.69) is 30.7 Å². The van der Waals surface area contributed by atoms with Gasteiger partial charge in [-0.2, -0.15) is 36.6 Å². The van der Waals surface area contributed by atoms with Crippen molar-refractivity contribution in [1.29, 1.82) is 0 Å². The molecule has 0 bridgehead atoms. The summed E-state index contributed by atoms with van der Waals surface area (Å²) in [5.41, 5.74) is -5.13. The van der Waals surface area contributed by atoms with Gasteiger partial charge in [0.15, 0.2) is 0 Å². The highest BCUT2D eigenvalue weighted by Gasteiger charge is 2.66. The molecule has 0 amide bonds. The van der Waals surface area contributed by atoms with Crippen molar-refractivity contribution in [2.24, 2.45) is 30.7 Å². The first kappa shape index (κ1) is 28.4. The maximum atomic E-state index is 13.4. The van der Waals surface area contributed by atoms with Gasteiger partial charge in [0.05, 0.1) is 0 Å². The van der Waals surface area contributed by atoms with Gasteiger partial charge >= 0.3 is 23.7 Å². The van der Waals surface area contributed by atoms with E-state index in [9.17, 15) is 26.3 Å². The predicted molar refractivity (Wildman–Crippen MR) is 143 cm³/mol. The van der Waals surface area contributed by atoms with E-state index in [1.165, 1.54) is 66.7 Å².